The highest BCUT2D eigenvalue weighted by atomic mass is 32.2. The molecule has 4 heteroatoms. The van der Waals surface area contributed by atoms with Gasteiger partial charge in [0.25, 0.3) is 0 Å². The predicted octanol–water partition coefficient (Wildman–Crippen LogP) is -0.0258. The van der Waals surface area contributed by atoms with E-state index in [0.29, 0.717) is 5.75 Å². The molecule has 3 nitrogen and oxygen atoms in total. The maximum Gasteiger partial charge on any atom is 0.185 e. The minimum absolute atomic E-state index is 0.0136. The van der Waals surface area contributed by atoms with Gasteiger partial charge >= 0.3 is 0 Å². The molecule has 0 aliphatic heterocycles. The van der Waals surface area contributed by atoms with Gasteiger partial charge in [0, 0.05) is 18.7 Å². The van der Waals surface area contributed by atoms with Gasteiger partial charge in [0.1, 0.15) is 0 Å². The van der Waals surface area contributed by atoms with Crippen LogP contribution in [-0.2, 0) is 4.79 Å². The maximum absolute atomic E-state index is 10.4. The second kappa shape index (κ2) is 4.71. The summed E-state index contributed by atoms with van der Waals surface area (Å²) < 4.78 is 0. The number of rotatable bonds is 3. The Morgan fingerprint density at radius 1 is 1.80 bits per heavy atom. The quantitative estimate of drug-likeness (QED) is 0.613. The summed E-state index contributed by atoms with van der Waals surface area (Å²) in [5.41, 5.74) is 5.35. The van der Waals surface area contributed by atoms with Crippen LogP contribution in [-0.4, -0.2) is 28.1 Å². The number of aliphatic hydroxyl groups is 1. The third-order valence-corrected chi connectivity index (χ3v) is 1.98. The molecule has 60 valence electrons. The normalized spacial score (nSPS) is 16.4. The second-order valence-corrected chi connectivity index (χ2v) is 3.43. The topological polar surface area (TPSA) is 63.3 Å². The fourth-order valence-electron chi connectivity index (χ4n) is 0.355. The van der Waals surface area contributed by atoms with Gasteiger partial charge < -0.3 is 10.8 Å². The third kappa shape index (κ3) is 4.78. The fraction of sp³-hybridized carbons (Fsp3) is 0.833. The molecule has 10 heavy (non-hydrogen) atoms. The lowest BCUT2D eigenvalue weighted by molar-refractivity contribution is -0.109. The summed E-state index contributed by atoms with van der Waals surface area (Å²) in [4.78, 5) is 10.4. The molecule has 0 saturated heterocycles. The third-order valence-electron chi connectivity index (χ3n) is 1.06. The molecular formula is C6H13NO2S. The molecule has 0 bridgehead atoms. The molecule has 0 aromatic heterocycles. The van der Waals surface area contributed by atoms with Crippen molar-refractivity contribution in [3.63, 3.8) is 0 Å². The van der Waals surface area contributed by atoms with Crippen LogP contribution in [0.3, 0.4) is 0 Å². The highest BCUT2D eigenvalue weighted by Gasteiger charge is 2.09. The van der Waals surface area contributed by atoms with Crippen LogP contribution in [0.15, 0.2) is 0 Å². The lowest BCUT2D eigenvalue weighted by Crippen LogP contribution is -2.33. The summed E-state index contributed by atoms with van der Waals surface area (Å²) in [6, 6.07) is -0.258. The minimum Gasteiger partial charge on any atom is -0.391 e. The molecule has 0 heterocycles. The summed E-state index contributed by atoms with van der Waals surface area (Å²) in [7, 11) is 0. The lowest BCUT2D eigenvalue weighted by Gasteiger charge is -2.11. The molecule has 0 spiro atoms. The van der Waals surface area contributed by atoms with Crippen molar-refractivity contribution >= 4 is 16.9 Å². The first-order valence-corrected chi connectivity index (χ1v) is 4.09. The highest BCUT2D eigenvalue weighted by Crippen LogP contribution is 2.04. The van der Waals surface area contributed by atoms with Gasteiger partial charge in [-0.05, 0) is 6.92 Å². The molecule has 0 aliphatic rings. The van der Waals surface area contributed by atoms with Gasteiger partial charge in [-0.15, -0.1) is 0 Å². The van der Waals surface area contributed by atoms with Crippen LogP contribution in [0.4, 0.5) is 0 Å². The fourth-order valence-corrected chi connectivity index (χ4v) is 1.06. The van der Waals surface area contributed by atoms with E-state index in [-0.39, 0.29) is 11.2 Å². The first-order valence-electron chi connectivity index (χ1n) is 3.11. The van der Waals surface area contributed by atoms with Crippen LogP contribution < -0.4 is 5.73 Å². The smallest absolute Gasteiger partial charge is 0.185 e. The molecule has 0 aromatic carbocycles. The lowest BCUT2D eigenvalue weighted by atomic mass is 10.2. The van der Waals surface area contributed by atoms with E-state index < -0.39 is 6.10 Å². The van der Waals surface area contributed by atoms with Crippen molar-refractivity contribution in [1.29, 1.82) is 0 Å². The van der Waals surface area contributed by atoms with Crippen LogP contribution in [0, 0.1) is 0 Å². The molecule has 0 rings (SSSR count). The number of nitrogens with two attached hydrogens (primary N) is 1. The Hall–Kier alpha value is -0.0600. The van der Waals surface area contributed by atoms with E-state index in [4.69, 9.17) is 10.8 Å². The average molecular weight is 163 g/mol. The zero-order valence-electron chi connectivity index (χ0n) is 6.20. The standard InChI is InChI=1S/C6H13NO2S/c1-4(7)6(9)3-10-5(2)8/h4,6,9H,3,7H2,1-2H3/t4-,6?/m0/s1. The van der Waals surface area contributed by atoms with Gasteiger partial charge in [-0.2, -0.15) is 0 Å². The number of hydrogen-bond donors (Lipinski definition) is 2. The number of aliphatic hydroxyl groups excluding tert-OH is 1. The molecule has 0 saturated carbocycles. The molecule has 0 radical (unpaired) electrons. The zero-order chi connectivity index (χ0) is 8.15. The van der Waals surface area contributed by atoms with E-state index in [2.05, 4.69) is 0 Å². The van der Waals surface area contributed by atoms with Crippen molar-refractivity contribution in [1.82, 2.24) is 0 Å². The highest BCUT2D eigenvalue weighted by molar-refractivity contribution is 8.13. The first kappa shape index (κ1) is 9.94. The summed E-state index contributed by atoms with van der Waals surface area (Å²) in [6.07, 6.45) is -0.575. The predicted molar refractivity (Wildman–Crippen MR) is 42.8 cm³/mol. The summed E-state index contributed by atoms with van der Waals surface area (Å²) >= 11 is 1.10. The Labute approximate surface area is 65.0 Å². The Balaban J connectivity index is 3.39. The molecule has 2 atom stereocenters. The van der Waals surface area contributed by atoms with Crippen molar-refractivity contribution in [2.75, 3.05) is 5.75 Å². The van der Waals surface area contributed by atoms with E-state index in [9.17, 15) is 4.79 Å². The van der Waals surface area contributed by atoms with Crippen molar-refractivity contribution in [2.24, 2.45) is 5.73 Å². The molecular weight excluding hydrogens is 150 g/mol. The largest absolute Gasteiger partial charge is 0.391 e. The van der Waals surface area contributed by atoms with Crippen molar-refractivity contribution in [2.45, 2.75) is 26.0 Å². The molecule has 0 aromatic rings. The summed E-state index contributed by atoms with van der Waals surface area (Å²) in [5, 5.41) is 9.09. The number of carbonyl (C=O) groups is 1. The SMILES string of the molecule is CC(=O)SCC(O)[C@H](C)N. The van der Waals surface area contributed by atoms with Gasteiger partial charge in [-0.1, -0.05) is 11.8 Å². The Morgan fingerprint density at radius 3 is 2.60 bits per heavy atom. The van der Waals surface area contributed by atoms with Gasteiger partial charge in [0.05, 0.1) is 6.10 Å². The second-order valence-electron chi connectivity index (χ2n) is 2.23. The van der Waals surface area contributed by atoms with Gasteiger partial charge in [0.2, 0.25) is 0 Å². The molecule has 3 N–H and O–H groups in total. The van der Waals surface area contributed by atoms with Crippen LogP contribution in [0.5, 0.6) is 0 Å². The average Bonchev–Trinajstić information content (AvgIpc) is 1.82. The van der Waals surface area contributed by atoms with Crippen molar-refractivity contribution in [3.8, 4) is 0 Å². The van der Waals surface area contributed by atoms with Gasteiger partial charge in [0.15, 0.2) is 5.12 Å². The minimum atomic E-state index is -0.575. The van der Waals surface area contributed by atoms with Crippen LogP contribution in [0.2, 0.25) is 0 Å². The van der Waals surface area contributed by atoms with Crippen molar-refractivity contribution < 1.29 is 9.90 Å². The van der Waals surface area contributed by atoms with E-state index in [0.717, 1.165) is 11.8 Å². The zero-order valence-corrected chi connectivity index (χ0v) is 7.02. The number of thioether (sulfide) groups is 1. The number of hydrogen-bond acceptors (Lipinski definition) is 4. The molecule has 0 amide bonds. The Kier molecular flexibility index (Phi) is 4.68. The number of carbonyl (C=O) groups excluding carboxylic acids is 1. The van der Waals surface area contributed by atoms with Gasteiger partial charge in [-0.3, -0.25) is 4.79 Å². The summed E-state index contributed by atoms with van der Waals surface area (Å²) in [5.74, 6) is 0.396. The maximum atomic E-state index is 10.4. The van der Waals surface area contributed by atoms with E-state index in [1.165, 1.54) is 6.92 Å². The van der Waals surface area contributed by atoms with Crippen LogP contribution in [0.25, 0.3) is 0 Å². The van der Waals surface area contributed by atoms with Crippen LogP contribution in [0.1, 0.15) is 13.8 Å². The van der Waals surface area contributed by atoms with E-state index >= 15 is 0 Å². The summed E-state index contributed by atoms with van der Waals surface area (Å²) in [6.45, 7) is 3.18. The van der Waals surface area contributed by atoms with E-state index in [1.807, 2.05) is 0 Å². The molecule has 0 fully saturated rings. The molecule has 1 unspecified atom stereocenters. The van der Waals surface area contributed by atoms with E-state index in [1.54, 1.807) is 6.92 Å². The Bertz CT molecular complexity index is 116. The molecule has 0 aliphatic carbocycles. The van der Waals surface area contributed by atoms with Crippen LogP contribution >= 0.6 is 11.8 Å². The van der Waals surface area contributed by atoms with Crippen molar-refractivity contribution in [3.05, 3.63) is 0 Å². The first-order chi connectivity index (χ1) is 4.54. The Morgan fingerprint density at radius 2 is 2.30 bits per heavy atom. The monoisotopic (exact) mass is 163 g/mol. The van der Waals surface area contributed by atoms with Gasteiger partial charge in [-0.25, -0.2) is 0 Å².